The average molecular weight is 438 g/mol. The monoisotopic (exact) mass is 437 g/mol. The van der Waals surface area contributed by atoms with Gasteiger partial charge in [0.05, 0.1) is 12.3 Å². The fraction of sp³-hybridized carbons (Fsp3) is 0.130. The quantitative estimate of drug-likeness (QED) is 0.523. The Kier molecular flexibility index (Phi) is 6.71. The van der Waals surface area contributed by atoms with E-state index in [1.807, 2.05) is 19.1 Å². The van der Waals surface area contributed by atoms with Gasteiger partial charge in [0.2, 0.25) is 10.0 Å². The highest BCUT2D eigenvalue weighted by molar-refractivity contribution is 7.92. The van der Waals surface area contributed by atoms with Crippen LogP contribution in [0.2, 0.25) is 0 Å². The Labute approximate surface area is 181 Å². The highest BCUT2D eigenvalue weighted by atomic mass is 32.2. The molecule has 0 aliphatic rings. The van der Waals surface area contributed by atoms with Crippen molar-refractivity contribution in [3.63, 3.8) is 0 Å². The zero-order chi connectivity index (χ0) is 22.4. The fourth-order valence-corrected chi connectivity index (χ4v) is 3.53. The molecule has 0 saturated heterocycles. The SMILES string of the molecule is CC(NC(=O)c1cccc(NS(C)(=O)=O)c1)c1cccc(NC(=O)c2ccccc2)c1. The van der Waals surface area contributed by atoms with Crippen LogP contribution in [-0.4, -0.2) is 26.5 Å². The van der Waals surface area contributed by atoms with Crippen molar-refractivity contribution in [1.82, 2.24) is 5.32 Å². The van der Waals surface area contributed by atoms with Gasteiger partial charge in [-0.25, -0.2) is 8.42 Å². The summed E-state index contributed by atoms with van der Waals surface area (Å²) < 4.78 is 25.2. The van der Waals surface area contributed by atoms with E-state index in [2.05, 4.69) is 15.4 Å². The molecule has 1 unspecified atom stereocenters. The van der Waals surface area contributed by atoms with E-state index in [-0.39, 0.29) is 17.9 Å². The highest BCUT2D eigenvalue weighted by Crippen LogP contribution is 2.19. The normalized spacial score (nSPS) is 11.9. The van der Waals surface area contributed by atoms with Crippen LogP contribution in [0.3, 0.4) is 0 Å². The maximum atomic E-state index is 12.6. The molecule has 3 rings (SSSR count). The molecule has 7 nitrogen and oxygen atoms in total. The van der Waals surface area contributed by atoms with Crippen molar-refractivity contribution in [2.45, 2.75) is 13.0 Å². The van der Waals surface area contributed by atoms with Crippen molar-refractivity contribution in [2.24, 2.45) is 0 Å². The number of benzene rings is 3. The molecule has 3 aromatic rings. The smallest absolute Gasteiger partial charge is 0.255 e. The van der Waals surface area contributed by atoms with Crippen molar-refractivity contribution in [3.8, 4) is 0 Å². The van der Waals surface area contributed by atoms with Crippen LogP contribution in [0.15, 0.2) is 78.9 Å². The molecule has 0 aliphatic heterocycles. The van der Waals surface area contributed by atoms with Crippen LogP contribution in [0.4, 0.5) is 11.4 Å². The van der Waals surface area contributed by atoms with E-state index < -0.39 is 10.0 Å². The number of amides is 2. The molecule has 0 heterocycles. The zero-order valence-electron chi connectivity index (χ0n) is 17.1. The number of hydrogen-bond acceptors (Lipinski definition) is 4. The molecule has 0 aliphatic carbocycles. The van der Waals surface area contributed by atoms with Crippen molar-refractivity contribution in [1.29, 1.82) is 0 Å². The molecule has 8 heteroatoms. The minimum absolute atomic E-state index is 0.218. The van der Waals surface area contributed by atoms with E-state index >= 15 is 0 Å². The van der Waals surface area contributed by atoms with Crippen LogP contribution in [0, 0.1) is 0 Å². The standard InChI is InChI=1S/C23H23N3O4S/c1-16(24-23(28)19-11-7-13-21(15-19)26-31(2,29)30)18-10-6-12-20(14-18)25-22(27)17-8-4-3-5-9-17/h3-16,26H,1-2H3,(H,24,28)(H,25,27). The lowest BCUT2D eigenvalue weighted by atomic mass is 10.1. The van der Waals surface area contributed by atoms with Gasteiger partial charge in [-0.3, -0.25) is 14.3 Å². The number of anilines is 2. The number of sulfonamides is 1. The van der Waals surface area contributed by atoms with Gasteiger partial charge in [-0.15, -0.1) is 0 Å². The second-order valence-corrected chi connectivity index (χ2v) is 8.84. The van der Waals surface area contributed by atoms with E-state index in [4.69, 9.17) is 0 Å². The van der Waals surface area contributed by atoms with Gasteiger partial charge in [0.15, 0.2) is 0 Å². The van der Waals surface area contributed by atoms with Gasteiger partial charge in [0.25, 0.3) is 11.8 Å². The Morgan fingerprint density at radius 2 is 1.42 bits per heavy atom. The summed E-state index contributed by atoms with van der Waals surface area (Å²) >= 11 is 0. The van der Waals surface area contributed by atoms with Gasteiger partial charge in [-0.2, -0.15) is 0 Å². The first-order chi connectivity index (χ1) is 14.7. The number of rotatable bonds is 7. The first-order valence-electron chi connectivity index (χ1n) is 9.56. The fourth-order valence-electron chi connectivity index (χ4n) is 2.98. The van der Waals surface area contributed by atoms with Crippen LogP contribution in [0.25, 0.3) is 0 Å². The van der Waals surface area contributed by atoms with Crippen LogP contribution in [0.5, 0.6) is 0 Å². The van der Waals surface area contributed by atoms with Gasteiger partial charge < -0.3 is 10.6 Å². The third-order valence-electron chi connectivity index (χ3n) is 4.46. The predicted octanol–water partition coefficient (Wildman–Crippen LogP) is 3.80. The van der Waals surface area contributed by atoms with Crippen molar-refractivity contribution < 1.29 is 18.0 Å². The molecule has 0 saturated carbocycles. The Morgan fingerprint density at radius 1 is 0.774 bits per heavy atom. The van der Waals surface area contributed by atoms with Crippen molar-refractivity contribution in [3.05, 3.63) is 95.6 Å². The van der Waals surface area contributed by atoms with Gasteiger partial charge in [-0.05, 0) is 55.0 Å². The molecular weight excluding hydrogens is 414 g/mol. The molecule has 0 aromatic heterocycles. The minimum Gasteiger partial charge on any atom is -0.346 e. The number of carbonyl (C=O) groups excluding carboxylic acids is 2. The van der Waals surface area contributed by atoms with E-state index in [1.54, 1.807) is 60.7 Å². The zero-order valence-corrected chi connectivity index (χ0v) is 17.9. The molecule has 160 valence electrons. The van der Waals surface area contributed by atoms with Gasteiger partial charge in [0.1, 0.15) is 0 Å². The van der Waals surface area contributed by atoms with Gasteiger partial charge in [-0.1, -0.05) is 36.4 Å². The summed E-state index contributed by atoms with van der Waals surface area (Å²) in [6, 6.07) is 22.0. The third-order valence-corrected chi connectivity index (χ3v) is 5.06. The Balaban J connectivity index is 1.69. The van der Waals surface area contributed by atoms with Crippen molar-refractivity contribution >= 4 is 33.2 Å². The molecule has 3 aromatic carbocycles. The average Bonchev–Trinajstić information content (AvgIpc) is 2.73. The molecule has 31 heavy (non-hydrogen) atoms. The molecule has 0 bridgehead atoms. The lowest BCUT2D eigenvalue weighted by molar-refractivity contribution is 0.0939. The molecule has 2 amide bonds. The van der Waals surface area contributed by atoms with E-state index in [1.165, 1.54) is 6.07 Å². The number of nitrogens with one attached hydrogen (secondary N) is 3. The molecule has 1 atom stereocenters. The summed E-state index contributed by atoms with van der Waals surface area (Å²) in [4.78, 5) is 25.0. The third kappa shape index (κ3) is 6.42. The molecule has 0 radical (unpaired) electrons. The summed E-state index contributed by atoms with van der Waals surface area (Å²) in [5.41, 5.74) is 2.62. The largest absolute Gasteiger partial charge is 0.346 e. The number of carbonyl (C=O) groups is 2. The summed E-state index contributed by atoms with van der Waals surface area (Å²) in [6.45, 7) is 1.83. The van der Waals surface area contributed by atoms with Gasteiger partial charge >= 0.3 is 0 Å². The second kappa shape index (κ2) is 9.44. The topological polar surface area (TPSA) is 104 Å². The van der Waals surface area contributed by atoms with Crippen LogP contribution in [0.1, 0.15) is 39.2 Å². The molecular formula is C23H23N3O4S. The summed E-state index contributed by atoms with van der Waals surface area (Å²) in [6.07, 6.45) is 1.05. The minimum atomic E-state index is -3.44. The van der Waals surface area contributed by atoms with Gasteiger partial charge in [0, 0.05) is 22.5 Å². The summed E-state index contributed by atoms with van der Waals surface area (Å²) in [5.74, 6) is -0.562. The van der Waals surface area contributed by atoms with E-state index in [0.29, 0.717) is 22.5 Å². The van der Waals surface area contributed by atoms with Crippen LogP contribution in [-0.2, 0) is 10.0 Å². The maximum absolute atomic E-state index is 12.6. The first kappa shape index (κ1) is 22.0. The summed E-state index contributed by atoms with van der Waals surface area (Å²) in [7, 11) is -3.44. The van der Waals surface area contributed by atoms with E-state index in [0.717, 1.165) is 11.8 Å². The van der Waals surface area contributed by atoms with E-state index in [9.17, 15) is 18.0 Å². The molecule has 3 N–H and O–H groups in total. The lowest BCUT2D eigenvalue weighted by Gasteiger charge is -2.16. The lowest BCUT2D eigenvalue weighted by Crippen LogP contribution is -2.26. The van der Waals surface area contributed by atoms with Crippen LogP contribution >= 0.6 is 0 Å². The highest BCUT2D eigenvalue weighted by Gasteiger charge is 2.14. The Hall–Kier alpha value is -3.65. The Bertz CT molecular complexity index is 1190. The van der Waals surface area contributed by atoms with Crippen molar-refractivity contribution in [2.75, 3.05) is 16.3 Å². The molecule has 0 fully saturated rings. The maximum Gasteiger partial charge on any atom is 0.255 e. The molecule has 0 spiro atoms. The van der Waals surface area contributed by atoms with Crippen LogP contribution < -0.4 is 15.4 Å². The predicted molar refractivity (Wildman–Crippen MR) is 122 cm³/mol. The number of hydrogen-bond donors (Lipinski definition) is 3. The first-order valence-corrected chi connectivity index (χ1v) is 11.5. The Morgan fingerprint density at radius 3 is 2.13 bits per heavy atom. The summed E-state index contributed by atoms with van der Waals surface area (Å²) in [5, 5.41) is 5.74. The second-order valence-electron chi connectivity index (χ2n) is 7.10.